The minimum Gasteiger partial charge on any atom is -0.396 e. The zero-order chi connectivity index (χ0) is 14.5. The SMILES string of the molecule is CCCc1nc(NN)c(C)c(NCC(C)(C)CO)n1. The summed E-state index contributed by atoms with van der Waals surface area (Å²) in [4.78, 5) is 8.88. The van der Waals surface area contributed by atoms with Crippen molar-refractivity contribution in [2.75, 3.05) is 23.9 Å². The van der Waals surface area contributed by atoms with Gasteiger partial charge in [0, 0.05) is 30.6 Å². The number of aliphatic hydroxyl groups is 1. The zero-order valence-electron chi connectivity index (χ0n) is 12.2. The van der Waals surface area contributed by atoms with Gasteiger partial charge in [-0.1, -0.05) is 20.8 Å². The van der Waals surface area contributed by atoms with Crippen molar-refractivity contribution in [1.82, 2.24) is 9.97 Å². The van der Waals surface area contributed by atoms with Crippen LogP contribution >= 0.6 is 0 Å². The third kappa shape index (κ3) is 4.33. The second-order valence-corrected chi connectivity index (χ2v) is 5.53. The summed E-state index contributed by atoms with van der Waals surface area (Å²) < 4.78 is 0. The number of hydrogen-bond acceptors (Lipinski definition) is 6. The molecule has 0 aliphatic rings. The average Bonchev–Trinajstić information content (AvgIpc) is 2.39. The fourth-order valence-electron chi connectivity index (χ4n) is 1.59. The van der Waals surface area contributed by atoms with Crippen molar-refractivity contribution in [3.8, 4) is 0 Å². The molecule has 6 heteroatoms. The molecule has 0 fully saturated rings. The minimum absolute atomic E-state index is 0.119. The van der Waals surface area contributed by atoms with Crippen molar-refractivity contribution in [3.63, 3.8) is 0 Å². The highest BCUT2D eigenvalue weighted by atomic mass is 16.3. The summed E-state index contributed by atoms with van der Waals surface area (Å²) in [6.45, 7) is 8.74. The summed E-state index contributed by atoms with van der Waals surface area (Å²) in [6, 6.07) is 0. The zero-order valence-corrected chi connectivity index (χ0v) is 12.2. The number of hydrogen-bond donors (Lipinski definition) is 4. The van der Waals surface area contributed by atoms with E-state index < -0.39 is 0 Å². The summed E-state index contributed by atoms with van der Waals surface area (Å²) in [6.07, 6.45) is 1.79. The molecule has 1 heterocycles. The van der Waals surface area contributed by atoms with Gasteiger partial charge in [0.2, 0.25) is 0 Å². The van der Waals surface area contributed by atoms with E-state index >= 15 is 0 Å². The molecule has 1 rings (SSSR count). The highest BCUT2D eigenvalue weighted by Gasteiger charge is 2.18. The first kappa shape index (κ1) is 15.7. The third-order valence-corrected chi connectivity index (χ3v) is 2.96. The van der Waals surface area contributed by atoms with Gasteiger partial charge in [0.25, 0.3) is 0 Å². The predicted molar refractivity (Wildman–Crippen MR) is 77.9 cm³/mol. The van der Waals surface area contributed by atoms with E-state index in [4.69, 9.17) is 5.84 Å². The highest BCUT2D eigenvalue weighted by molar-refractivity contribution is 5.56. The maximum Gasteiger partial charge on any atom is 0.148 e. The van der Waals surface area contributed by atoms with Gasteiger partial charge in [-0.3, -0.25) is 0 Å². The summed E-state index contributed by atoms with van der Waals surface area (Å²) in [7, 11) is 0. The van der Waals surface area contributed by atoms with Crippen molar-refractivity contribution in [2.24, 2.45) is 11.3 Å². The number of aromatic nitrogens is 2. The predicted octanol–water partition coefficient (Wildman–Crippen LogP) is 1.45. The Morgan fingerprint density at radius 2 is 1.89 bits per heavy atom. The van der Waals surface area contributed by atoms with Crippen LogP contribution in [0.25, 0.3) is 0 Å². The first-order valence-corrected chi connectivity index (χ1v) is 6.62. The van der Waals surface area contributed by atoms with Gasteiger partial charge in [-0.15, -0.1) is 0 Å². The lowest BCUT2D eigenvalue weighted by molar-refractivity contribution is 0.170. The summed E-state index contributed by atoms with van der Waals surface area (Å²) in [5, 5.41) is 12.5. The molecule has 6 nitrogen and oxygen atoms in total. The molecular formula is C13H25N5O. The van der Waals surface area contributed by atoms with Gasteiger partial charge in [-0.05, 0) is 13.3 Å². The van der Waals surface area contributed by atoms with Crippen LogP contribution in [-0.4, -0.2) is 28.2 Å². The lowest BCUT2D eigenvalue weighted by Crippen LogP contribution is -2.28. The van der Waals surface area contributed by atoms with Gasteiger partial charge in [0.05, 0.1) is 0 Å². The lowest BCUT2D eigenvalue weighted by Gasteiger charge is -2.23. The fraction of sp³-hybridized carbons (Fsp3) is 0.692. The molecule has 0 bridgehead atoms. The van der Waals surface area contributed by atoms with E-state index in [-0.39, 0.29) is 12.0 Å². The van der Waals surface area contributed by atoms with Crippen LogP contribution in [0, 0.1) is 12.3 Å². The molecule has 0 aromatic carbocycles. The monoisotopic (exact) mass is 267 g/mol. The lowest BCUT2D eigenvalue weighted by atomic mass is 9.95. The number of anilines is 2. The molecule has 108 valence electrons. The van der Waals surface area contributed by atoms with E-state index in [1.54, 1.807) is 0 Å². The number of aliphatic hydroxyl groups excluding tert-OH is 1. The van der Waals surface area contributed by atoms with Crippen molar-refractivity contribution >= 4 is 11.6 Å². The van der Waals surface area contributed by atoms with Crippen molar-refractivity contribution in [1.29, 1.82) is 0 Å². The van der Waals surface area contributed by atoms with Crippen molar-refractivity contribution in [2.45, 2.75) is 40.5 Å². The molecule has 0 atom stereocenters. The number of hydrazine groups is 1. The Labute approximate surface area is 114 Å². The normalized spacial score (nSPS) is 11.5. The van der Waals surface area contributed by atoms with Gasteiger partial charge < -0.3 is 15.8 Å². The van der Waals surface area contributed by atoms with Crippen LogP contribution in [0.5, 0.6) is 0 Å². The van der Waals surface area contributed by atoms with Crippen LogP contribution in [-0.2, 0) is 6.42 Å². The minimum atomic E-state index is -0.196. The Hall–Kier alpha value is -1.40. The topological polar surface area (TPSA) is 96.1 Å². The number of nitrogens with one attached hydrogen (secondary N) is 2. The van der Waals surface area contributed by atoms with Crippen LogP contribution in [0.1, 0.15) is 38.6 Å². The number of nitrogens with zero attached hydrogens (tertiary/aromatic N) is 2. The number of nitrogen functional groups attached to an aromatic ring is 1. The molecule has 0 unspecified atom stereocenters. The van der Waals surface area contributed by atoms with Gasteiger partial charge >= 0.3 is 0 Å². The molecule has 0 amide bonds. The largest absolute Gasteiger partial charge is 0.396 e. The smallest absolute Gasteiger partial charge is 0.148 e. The highest BCUT2D eigenvalue weighted by Crippen LogP contribution is 2.22. The Balaban J connectivity index is 2.95. The van der Waals surface area contributed by atoms with E-state index in [9.17, 15) is 5.11 Å². The fourth-order valence-corrected chi connectivity index (χ4v) is 1.59. The second kappa shape index (κ2) is 6.68. The Morgan fingerprint density at radius 1 is 1.26 bits per heavy atom. The van der Waals surface area contributed by atoms with Gasteiger partial charge in [0.1, 0.15) is 17.5 Å². The molecule has 0 spiro atoms. The van der Waals surface area contributed by atoms with E-state index in [0.29, 0.717) is 12.4 Å². The third-order valence-electron chi connectivity index (χ3n) is 2.96. The van der Waals surface area contributed by atoms with Crippen LogP contribution < -0.4 is 16.6 Å². The molecule has 0 saturated heterocycles. The molecule has 1 aromatic heterocycles. The standard InChI is InChI=1S/C13H25N5O/c1-5-6-10-16-11(9(2)12(17-10)18-14)15-7-13(3,4)8-19/h19H,5-8,14H2,1-4H3,(H2,15,16,17,18). The van der Waals surface area contributed by atoms with Crippen LogP contribution in [0.2, 0.25) is 0 Å². The first-order chi connectivity index (χ1) is 8.93. The molecule has 5 N–H and O–H groups in total. The van der Waals surface area contributed by atoms with Gasteiger partial charge in [-0.2, -0.15) is 0 Å². The summed E-state index contributed by atoms with van der Waals surface area (Å²) in [5.41, 5.74) is 3.29. The van der Waals surface area contributed by atoms with Gasteiger partial charge in [0.15, 0.2) is 0 Å². The maximum absolute atomic E-state index is 9.28. The number of nitrogens with two attached hydrogens (primary N) is 1. The summed E-state index contributed by atoms with van der Waals surface area (Å²) in [5.74, 6) is 7.67. The van der Waals surface area contributed by atoms with E-state index in [0.717, 1.165) is 30.0 Å². The molecule has 19 heavy (non-hydrogen) atoms. The average molecular weight is 267 g/mol. The van der Waals surface area contributed by atoms with Crippen LogP contribution in [0.15, 0.2) is 0 Å². The Kier molecular flexibility index (Phi) is 5.50. The number of rotatable bonds is 7. The number of aryl methyl sites for hydroxylation is 1. The van der Waals surface area contributed by atoms with Crippen LogP contribution in [0.3, 0.4) is 0 Å². The summed E-state index contributed by atoms with van der Waals surface area (Å²) >= 11 is 0. The Morgan fingerprint density at radius 3 is 2.42 bits per heavy atom. The molecule has 1 aromatic rings. The first-order valence-electron chi connectivity index (χ1n) is 6.62. The van der Waals surface area contributed by atoms with Crippen molar-refractivity contribution in [3.05, 3.63) is 11.4 Å². The van der Waals surface area contributed by atoms with E-state index in [1.807, 2.05) is 20.8 Å². The maximum atomic E-state index is 9.28. The van der Waals surface area contributed by atoms with Crippen LogP contribution in [0.4, 0.5) is 11.6 Å². The van der Waals surface area contributed by atoms with E-state index in [2.05, 4.69) is 27.6 Å². The molecule has 0 aliphatic heterocycles. The molecule has 0 aliphatic carbocycles. The molecule has 0 saturated carbocycles. The quantitative estimate of drug-likeness (QED) is 0.441. The van der Waals surface area contributed by atoms with Gasteiger partial charge in [-0.25, -0.2) is 15.8 Å². The molecule has 0 radical (unpaired) electrons. The van der Waals surface area contributed by atoms with Crippen molar-refractivity contribution < 1.29 is 5.11 Å². The second-order valence-electron chi connectivity index (χ2n) is 5.53. The molecular weight excluding hydrogens is 242 g/mol. The Bertz CT molecular complexity index is 420. The van der Waals surface area contributed by atoms with E-state index in [1.165, 1.54) is 0 Å².